The van der Waals surface area contributed by atoms with E-state index < -0.39 is 12.0 Å². The Balaban J connectivity index is 1.70. The smallest absolute Gasteiger partial charge is 0.328 e. The van der Waals surface area contributed by atoms with Crippen molar-refractivity contribution in [3.05, 3.63) is 89.0 Å². The van der Waals surface area contributed by atoms with Crippen molar-refractivity contribution >= 4 is 28.5 Å². The van der Waals surface area contributed by atoms with Crippen LogP contribution in [0.2, 0.25) is 0 Å². The van der Waals surface area contributed by atoms with Gasteiger partial charge in [-0.05, 0) is 35.1 Å². The normalized spacial score (nSPS) is 14.5. The third-order valence-corrected chi connectivity index (χ3v) is 5.17. The molecule has 2 aromatic rings. The molecule has 28 heavy (non-hydrogen) atoms. The van der Waals surface area contributed by atoms with E-state index in [0.29, 0.717) is 11.5 Å². The lowest BCUT2D eigenvalue weighted by molar-refractivity contribution is -0.144. The summed E-state index contributed by atoms with van der Waals surface area (Å²) in [5.41, 5.74) is 4.07. The standard InChI is InChI=1S/C23H22ClNO3/c1-28-23(27)20(15-16-7-3-2-4-8-16)25-21(26)14-13-18-12-11-17-9-5-6-10-19(17)22(18)24/h2-10,13-14,20H,11-12,15H2,1H3,(H,25,26)/b14-13+/t20-/m0/s1. The van der Waals surface area contributed by atoms with Gasteiger partial charge in [-0.3, -0.25) is 4.79 Å². The largest absolute Gasteiger partial charge is 0.467 e. The van der Waals surface area contributed by atoms with Crippen LogP contribution in [0.4, 0.5) is 0 Å². The zero-order chi connectivity index (χ0) is 19.9. The van der Waals surface area contributed by atoms with E-state index >= 15 is 0 Å². The van der Waals surface area contributed by atoms with E-state index in [2.05, 4.69) is 11.4 Å². The Morgan fingerprint density at radius 1 is 1.11 bits per heavy atom. The Labute approximate surface area is 169 Å². The van der Waals surface area contributed by atoms with Crippen LogP contribution in [0.3, 0.4) is 0 Å². The van der Waals surface area contributed by atoms with Gasteiger partial charge in [0.15, 0.2) is 0 Å². The molecule has 0 radical (unpaired) electrons. The van der Waals surface area contributed by atoms with Gasteiger partial charge in [0.05, 0.1) is 12.1 Å². The van der Waals surface area contributed by atoms with Crippen LogP contribution in [0.25, 0.3) is 5.03 Å². The van der Waals surface area contributed by atoms with Gasteiger partial charge in [0, 0.05) is 12.5 Å². The molecule has 144 valence electrons. The van der Waals surface area contributed by atoms with E-state index in [4.69, 9.17) is 16.3 Å². The summed E-state index contributed by atoms with van der Waals surface area (Å²) in [6.45, 7) is 0. The number of hydrogen-bond acceptors (Lipinski definition) is 3. The highest BCUT2D eigenvalue weighted by atomic mass is 35.5. The van der Waals surface area contributed by atoms with Crippen LogP contribution < -0.4 is 5.32 Å². The molecule has 2 aromatic carbocycles. The van der Waals surface area contributed by atoms with Crippen molar-refractivity contribution in [2.45, 2.75) is 25.3 Å². The number of amides is 1. The number of allylic oxidation sites excluding steroid dienone is 2. The summed E-state index contributed by atoms with van der Waals surface area (Å²) in [6.07, 6.45) is 5.16. The van der Waals surface area contributed by atoms with Crippen LogP contribution in [-0.2, 0) is 27.2 Å². The summed E-state index contributed by atoms with van der Waals surface area (Å²) in [4.78, 5) is 24.4. The summed E-state index contributed by atoms with van der Waals surface area (Å²) >= 11 is 6.51. The Morgan fingerprint density at radius 2 is 1.82 bits per heavy atom. The number of rotatable bonds is 6. The van der Waals surface area contributed by atoms with Crippen molar-refractivity contribution in [1.82, 2.24) is 5.32 Å². The highest BCUT2D eigenvalue weighted by molar-refractivity contribution is 6.49. The van der Waals surface area contributed by atoms with E-state index in [1.54, 1.807) is 6.08 Å². The molecule has 1 aliphatic carbocycles. The molecular formula is C23H22ClNO3. The number of ether oxygens (including phenoxy) is 1. The predicted octanol–water partition coefficient (Wildman–Crippen LogP) is 4.04. The quantitative estimate of drug-likeness (QED) is 0.593. The van der Waals surface area contributed by atoms with E-state index in [-0.39, 0.29) is 5.91 Å². The Hall–Kier alpha value is -2.85. The molecule has 1 N–H and O–H groups in total. The van der Waals surface area contributed by atoms with Crippen LogP contribution in [0, 0.1) is 0 Å². The Kier molecular flexibility index (Phi) is 6.66. The second-order valence-electron chi connectivity index (χ2n) is 6.60. The fraction of sp³-hybridized carbons (Fsp3) is 0.217. The lowest BCUT2D eigenvalue weighted by atomic mass is 9.92. The van der Waals surface area contributed by atoms with Gasteiger partial charge in [-0.15, -0.1) is 0 Å². The minimum atomic E-state index is -0.749. The number of aryl methyl sites for hydroxylation is 1. The van der Waals surface area contributed by atoms with Gasteiger partial charge in [-0.25, -0.2) is 4.79 Å². The summed E-state index contributed by atoms with van der Waals surface area (Å²) in [5.74, 6) is -0.836. The number of benzene rings is 2. The van der Waals surface area contributed by atoms with Gasteiger partial charge < -0.3 is 10.1 Å². The Morgan fingerprint density at radius 3 is 2.57 bits per heavy atom. The zero-order valence-electron chi connectivity index (χ0n) is 15.7. The SMILES string of the molecule is COC(=O)[C@H](Cc1ccccc1)NC(=O)/C=C/C1=C(Cl)c2ccccc2CC1. The molecule has 0 unspecified atom stereocenters. The van der Waals surface area contributed by atoms with Crippen molar-refractivity contribution in [2.24, 2.45) is 0 Å². The third-order valence-electron chi connectivity index (χ3n) is 4.72. The fourth-order valence-corrected chi connectivity index (χ4v) is 3.58. The fourth-order valence-electron chi connectivity index (χ4n) is 3.24. The van der Waals surface area contributed by atoms with Gasteiger partial charge in [0.2, 0.25) is 5.91 Å². The number of carbonyl (C=O) groups excluding carboxylic acids is 2. The first-order chi connectivity index (χ1) is 13.6. The Bertz CT molecular complexity index is 918. The minimum Gasteiger partial charge on any atom is -0.467 e. The monoisotopic (exact) mass is 395 g/mol. The molecule has 0 saturated heterocycles. The maximum Gasteiger partial charge on any atom is 0.328 e. The molecular weight excluding hydrogens is 374 g/mol. The van der Waals surface area contributed by atoms with Crippen molar-refractivity contribution in [1.29, 1.82) is 0 Å². The molecule has 5 heteroatoms. The highest BCUT2D eigenvalue weighted by Crippen LogP contribution is 2.34. The highest BCUT2D eigenvalue weighted by Gasteiger charge is 2.21. The predicted molar refractivity (Wildman–Crippen MR) is 111 cm³/mol. The number of fused-ring (bicyclic) bond motifs is 1. The van der Waals surface area contributed by atoms with Gasteiger partial charge in [-0.1, -0.05) is 72.3 Å². The van der Waals surface area contributed by atoms with Gasteiger partial charge >= 0.3 is 5.97 Å². The molecule has 4 nitrogen and oxygen atoms in total. The third kappa shape index (κ3) is 4.90. The van der Waals surface area contributed by atoms with Crippen LogP contribution in [0.1, 0.15) is 23.1 Å². The van der Waals surface area contributed by atoms with E-state index in [1.165, 1.54) is 18.7 Å². The number of carbonyl (C=O) groups is 2. The van der Waals surface area contributed by atoms with Crippen molar-refractivity contribution in [2.75, 3.05) is 7.11 Å². The topological polar surface area (TPSA) is 55.4 Å². The van der Waals surface area contributed by atoms with Gasteiger partial charge in [0.25, 0.3) is 0 Å². The van der Waals surface area contributed by atoms with Crippen molar-refractivity contribution in [3.63, 3.8) is 0 Å². The molecule has 1 amide bonds. The molecule has 0 spiro atoms. The van der Waals surface area contributed by atoms with E-state index in [1.807, 2.05) is 48.5 Å². The summed E-state index contributed by atoms with van der Waals surface area (Å²) in [7, 11) is 1.31. The minimum absolute atomic E-state index is 0.359. The first kappa shape index (κ1) is 19.9. The van der Waals surface area contributed by atoms with Crippen LogP contribution >= 0.6 is 11.6 Å². The van der Waals surface area contributed by atoms with E-state index in [9.17, 15) is 9.59 Å². The number of esters is 1. The lowest BCUT2D eigenvalue weighted by Gasteiger charge is -2.18. The molecule has 1 aliphatic rings. The second kappa shape index (κ2) is 9.38. The van der Waals surface area contributed by atoms with Crippen molar-refractivity contribution in [3.8, 4) is 0 Å². The summed E-state index contributed by atoms with van der Waals surface area (Å²) in [5, 5.41) is 3.39. The first-order valence-corrected chi connectivity index (χ1v) is 9.53. The molecule has 0 aromatic heterocycles. The van der Waals surface area contributed by atoms with Crippen LogP contribution in [-0.4, -0.2) is 25.0 Å². The zero-order valence-corrected chi connectivity index (χ0v) is 16.4. The number of hydrogen-bond donors (Lipinski definition) is 1. The maximum atomic E-state index is 12.4. The second-order valence-corrected chi connectivity index (χ2v) is 6.98. The lowest BCUT2D eigenvalue weighted by Crippen LogP contribution is -2.42. The molecule has 0 bridgehead atoms. The number of halogens is 1. The summed E-state index contributed by atoms with van der Waals surface area (Å²) < 4.78 is 4.83. The molecule has 0 heterocycles. The average Bonchev–Trinajstić information content (AvgIpc) is 2.73. The number of methoxy groups -OCH3 is 1. The van der Waals surface area contributed by atoms with Gasteiger partial charge in [0.1, 0.15) is 6.04 Å². The molecule has 1 atom stereocenters. The number of nitrogens with one attached hydrogen (secondary N) is 1. The average molecular weight is 396 g/mol. The van der Waals surface area contributed by atoms with Crippen LogP contribution in [0.5, 0.6) is 0 Å². The first-order valence-electron chi connectivity index (χ1n) is 9.15. The van der Waals surface area contributed by atoms with Gasteiger partial charge in [-0.2, -0.15) is 0 Å². The van der Waals surface area contributed by atoms with Crippen molar-refractivity contribution < 1.29 is 14.3 Å². The van der Waals surface area contributed by atoms with Crippen LogP contribution in [0.15, 0.2) is 72.3 Å². The maximum absolute atomic E-state index is 12.4. The molecule has 0 aliphatic heterocycles. The molecule has 0 saturated carbocycles. The molecule has 3 rings (SSSR count). The molecule has 0 fully saturated rings. The van der Waals surface area contributed by atoms with E-state index in [0.717, 1.165) is 29.5 Å². The summed E-state index contributed by atoms with van der Waals surface area (Å²) in [6, 6.07) is 16.7.